The van der Waals surface area contributed by atoms with Crippen molar-refractivity contribution in [3.8, 4) is 33.4 Å². The molecule has 8 aromatic carbocycles. The highest BCUT2D eigenvalue weighted by Crippen LogP contribution is 2.57. The maximum atomic E-state index is 3.95. The van der Waals surface area contributed by atoms with Crippen LogP contribution in [-0.2, 0) is 5.41 Å². The molecule has 1 nitrogen and oxygen atoms in total. The molecule has 0 saturated heterocycles. The van der Waals surface area contributed by atoms with Crippen LogP contribution in [0, 0.1) is 0 Å². The Hall–Kier alpha value is -7.00. The van der Waals surface area contributed by atoms with E-state index in [0.717, 1.165) is 17.1 Å². The van der Waals surface area contributed by atoms with Gasteiger partial charge in [0.15, 0.2) is 0 Å². The van der Waals surface area contributed by atoms with E-state index in [2.05, 4.69) is 225 Å². The van der Waals surface area contributed by atoms with Gasteiger partial charge in [-0.15, -0.1) is 11.3 Å². The van der Waals surface area contributed by atoms with Crippen LogP contribution in [0.5, 0.6) is 0 Å². The summed E-state index contributed by atoms with van der Waals surface area (Å²) in [4.78, 5) is 2.45. The molecular weight excluding hydrogens is 719 g/mol. The minimum atomic E-state index is -0.512. The van der Waals surface area contributed by atoms with Crippen molar-refractivity contribution in [2.45, 2.75) is 12.3 Å². The van der Waals surface area contributed by atoms with Crippen molar-refractivity contribution < 1.29 is 0 Å². The smallest absolute Gasteiger partial charge is 0.0674 e. The molecule has 0 aliphatic heterocycles. The molecule has 1 heterocycles. The van der Waals surface area contributed by atoms with E-state index in [1.165, 1.54) is 75.8 Å². The molecular formula is C56H41NS. The normalized spacial score (nSPS) is 14.8. The van der Waals surface area contributed by atoms with Crippen LogP contribution in [-0.4, -0.2) is 0 Å². The predicted molar refractivity (Wildman–Crippen MR) is 250 cm³/mol. The standard InChI is InChI=1S/C56H41NS/c1-3-4-7-18-39(2)56(43-21-10-6-11-22-43)51-26-15-12-24-47(51)48-35-34-45(38-52(48)56)57(44-32-29-41(30-33-44)40-19-8-5-9-20-40)53-27-16-13-23-46(53)42-31-36-55-50(37-42)49-25-14-17-28-54(49)58-55/h3-38H,1H2,2H3/b7-4-,39-18+. The number of thiophene rings is 1. The fourth-order valence-corrected chi connectivity index (χ4v) is 10.2. The van der Waals surface area contributed by atoms with Gasteiger partial charge in [0, 0.05) is 37.1 Å². The lowest BCUT2D eigenvalue weighted by Gasteiger charge is -2.35. The minimum Gasteiger partial charge on any atom is -0.310 e. The van der Waals surface area contributed by atoms with Gasteiger partial charge in [-0.25, -0.2) is 0 Å². The summed E-state index contributed by atoms with van der Waals surface area (Å²) in [6.45, 7) is 6.22. The van der Waals surface area contributed by atoms with Crippen LogP contribution in [0.3, 0.4) is 0 Å². The van der Waals surface area contributed by atoms with Crippen LogP contribution < -0.4 is 4.90 Å². The van der Waals surface area contributed by atoms with Gasteiger partial charge in [0.1, 0.15) is 0 Å². The summed E-state index contributed by atoms with van der Waals surface area (Å²) in [5.74, 6) is 0. The number of allylic oxidation sites excluding steroid dienone is 5. The lowest BCUT2D eigenvalue weighted by atomic mass is 9.67. The molecule has 0 N–H and O–H groups in total. The molecule has 1 aromatic heterocycles. The number of hydrogen-bond donors (Lipinski definition) is 0. The average Bonchev–Trinajstić information content (AvgIpc) is 3.81. The summed E-state index contributed by atoms with van der Waals surface area (Å²) in [5.41, 5.74) is 15.1. The quantitative estimate of drug-likeness (QED) is 0.133. The Kier molecular flexibility index (Phi) is 9.05. The summed E-state index contributed by atoms with van der Waals surface area (Å²) in [7, 11) is 0. The van der Waals surface area contributed by atoms with Crippen molar-refractivity contribution in [1.29, 1.82) is 0 Å². The Morgan fingerprint density at radius 2 is 1.12 bits per heavy atom. The Labute approximate surface area is 344 Å². The zero-order valence-corrected chi connectivity index (χ0v) is 33.2. The maximum Gasteiger partial charge on any atom is 0.0674 e. The molecule has 1 aliphatic carbocycles. The van der Waals surface area contributed by atoms with Crippen molar-refractivity contribution in [2.75, 3.05) is 4.90 Å². The summed E-state index contributed by atoms with van der Waals surface area (Å²) >= 11 is 1.86. The Morgan fingerprint density at radius 3 is 1.93 bits per heavy atom. The molecule has 1 unspecified atom stereocenters. The topological polar surface area (TPSA) is 3.24 Å². The van der Waals surface area contributed by atoms with E-state index in [1.54, 1.807) is 0 Å². The van der Waals surface area contributed by atoms with Gasteiger partial charge in [-0.05, 0) is 100.0 Å². The van der Waals surface area contributed by atoms with Crippen LogP contribution in [0.1, 0.15) is 23.6 Å². The first-order valence-electron chi connectivity index (χ1n) is 19.9. The van der Waals surface area contributed by atoms with E-state index in [0.29, 0.717) is 0 Å². The summed E-state index contributed by atoms with van der Waals surface area (Å²) < 4.78 is 2.62. The molecule has 0 fully saturated rings. The van der Waals surface area contributed by atoms with E-state index < -0.39 is 5.41 Å². The van der Waals surface area contributed by atoms with Crippen molar-refractivity contribution in [1.82, 2.24) is 0 Å². The molecule has 0 radical (unpaired) electrons. The molecule has 10 rings (SSSR count). The molecule has 1 atom stereocenters. The number of hydrogen-bond acceptors (Lipinski definition) is 2. The van der Waals surface area contributed by atoms with Gasteiger partial charge in [0.05, 0.1) is 11.1 Å². The van der Waals surface area contributed by atoms with Gasteiger partial charge >= 0.3 is 0 Å². The van der Waals surface area contributed by atoms with Crippen molar-refractivity contribution in [3.05, 3.63) is 247 Å². The molecule has 0 spiro atoms. The molecule has 58 heavy (non-hydrogen) atoms. The van der Waals surface area contributed by atoms with Crippen molar-refractivity contribution in [3.63, 3.8) is 0 Å². The summed E-state index contributed by atoms with van der Waals surface area (Å²) in [5, 5.41) is 2.60. The third-order valence-electron chi connectivity index (χ3n) is 11.7. The largest absolute Gasteiger partial charge is 0.310 e. The Balaban J connectivity index is 1.22. The van der Waals surface area contributed by atoms with Crippen LogP contribution in [0.4, 0.5) is 17.1 Å². The van der Waals surface area contributed by atoms with Gasteiger partial charge in [0.2, 0.25) is 0 Å². The predicted octanol–water partition coefficient (Wildman–Crippen LogP) is 15.9. The second kappa shape index (κ2) is 14.8. The lowest BCUT2D eigenvalue weighted by Crippen LogP contribution is -2.28. The number of rotatable bonds is 9. The van der Waals surface area contributed by atoms with E-state index in [4.69, 9.17) is 0 Å². The SMILES string of the molecule is C=C/C=C\C=C(/C)C1(c2ccccc2)c2ccccc2-c2ccc(N(c3ccc(-c4ccccc4)cc3)c3ccccc3-c3ccc4sc5ccccc5c4c3)cc21. The second-order valence-electron chi connectivity index (χ2n) is 14.9. The first kappa shape index (κ1) is 35.4. The van der Waals surface area contributed by atoms with Crippen LogP contribution in [0.2, 0.25) is 0 Å². The first-order chi connectivity index (χ1) is 28.6. The first-order valence-corrected chi connectivity index (χ1v) is 20.7. The third kappa shape index (κ3) is 5.84. The van der Waals surface area contributed by atoms with E-state index in [1.807, 2.05) is 23.5 Å². The van der Waals surface area contributed by atoms with Crippen molar-refractivity contribution in [2.24, 2.45) is 0 Å². The van der Waals surface area contributed by atoms with E-state index >= 15 is 0 Å². The van der Waals surface area contributed by atoms with Crippen LogP contribution in [0.15, 0.2) is 231 Å². The number of para-hydroxylation sites is 1. The Bertz CT molecular complexity index is 3020. The molecule has 0 saturated carbocycles. The fourth-order valence-electron chi connectivity index (χ4n) is 9.13. The molecule has 0 amide bonds. The zero-order chi connectivity index (χ0) is 39.1. The third-order valence-corrected chi connectivity index (χ3v) is 12.9. The molecule has 2 heteroatoms. The highest BCUT2D eigenvalue weighted by molar-refractivity contribution is 7.25. The number of fused-ring (bicyclic) bond motifs is 6. The number of anilines is 3. The lowest BCUT2D eigenvalue weighted by molar-refractivity contribution is 0.746. The maximum absolute atomic E-state index is 3.95. The second-order valence-corrected chi connectivity index (χ2v) is 16.0. The number of benzene rings is 8. The number of nitrogens with zero attached hydrogens (tertiary/aromatic N) is 1. The van der Waals surface area contributed by atoms with Crippen molar-refractivity contribution >= 4 is 48.6 Å². The van der Waals surface area contributed by atoms with Gasteiger partial charge in [0.25, 0.3) is 0 Å². The molecule has 1 aliphatic rings. The zero-order valence-electron chi connectivity index (χ0n) is 32.3. The van der Waals surface area contributed by atoms with Gasteiger partial charge in [-0.1, -0.05) is 182 Å². The Morgan fingerprint density at radius 1 is 0.500 bits per heavy atom. The van der Waals surface area contributed by atoms with Crippen LogP contribution >= 0.6 is 11.3 Å². The molecule has 9 aromatic rings. The monoisotopic (exact) mass is 759 g/mol. The van der Waals surface area contributed by atoms with E-state index in [9.17, 15) is 0 Å². The fraction of sp³-hybridized carbons (Fsp3) is 0.0357. The molecule has 276 valence electrons. The van der Waals surface area contributed by atoms with Gasteiger partial charge in [-0.3, -0.25) is 0 Å². The van der Waals surface area contributed by atoms with Crippen LogP contribution in [0.25, 0.3) is 53.6 Å². The minimum absolute atomic E-state index is 0.512. The average molecular weight is 760 g/mol. The summed E-state index contributed by atoms with van der Waals surface area (Å²) in [6.07, 6.45) is 8.22. The highest BCUT2D eigenvalue weighted by Gasteiger charge is 2.46. The van der Waals surface area contributed by atoms with Gasteiger partial charge < -0.3 is 4.90 Å². The highest BCUT2D eigenvalue weighted by atomic mass is 32.1. The van der Waals surface area contributed by atoms with Gasteiger partial charge in [-0.2, -0.15) is 0 Å². The molecule has 0 bridgehead atoms. The summed E-state index contributed by atoms with van der Waals surface area (Å²) in [6, 6.07) is 71.3. The van der Waals surface area contributed by atoms with E-state index in [-0.39, 0.29) is 0 Å².